The number of halogens is 1. The molecule has 1 aliphatic heterocycles. The van der Waals surface area contributed by atoms with Gasteiger partial charge in [0, 0.05) is 24.2 Å². The van der Waals surface area contributed by atoms with Crippen LogP contribution in [-0.2, 0) is 0 Å². The minimum absolute atomic E-state index is 0.266. The average Bonchev–Trinajstić information content (AvgIpc) is 3.35. The molecule has 1 saturated heterocycles. The van der Waals surface area contributed by atoms with Crippen molar-refractivity contribution in [2.75, 3.05) is 18.0 Å². The Kier molecular flexibility index (Phi) is 5.27. The molecule has 0 spiro atoms. The lowest BCUT2D eigenvalue weighted by molar-refractivity contribution is 0.622. The molecule has 0 N–H and O–H groups in total. The second-order valence-corrected chi connectivity index (χ2v) is 8.03. The summed E-state index contributed by atoms with van der Waals surface area (Å²) in [7, 11) is 0. The molecule has 3 aromatic carbocycles. The molecule has 1 aromatic heterocycles. The van der Waals surface area contributed by atoms with Gasteiger partial charge in [0.25, 0.3) is 5.56 Å². The lowest BCUT2D eigenvalue weighted by Crippen LogP contribution is -2.21. The van der Waals surface area contributed by atoms with Crippen LogP contribution < -0.4 is 10.5 Å². The molecule has 1 aliphatic rings. The zero-order chi connectivity index (χ0) is 22.1. The topological polar surface area (TPSA) is 50.5 Å². The lowest BCUT2D eigenvalue weighted by Gasteiger charge is -2.19. The summed E-state index contributed by atoms with van der Waals surface area (Å²) < 4.78 is 16.2. The van der Waals surface area contributed by atoms with Crippen LogP contribution in [0.15, 0.2) is 76.6 Å². The maximum Gasteiger partial charge on any atom is 0.282 e. The number of hydrogen-bond acceptors (Lipinski definition) is 4. The first-order valence-electron chi connectivity index (χ1n) is 10.8. The summed E-state index contributed by atoms with van der Waals surface area (Å²) in [6, 6.07) is 20.0. The van der Waals surface area contributed by atoms with Gasteiger partial charge in [-0.3, -0.25) is 4.79 Å². The summed E-state index contributed by atoms with van der Waals surface area (Å²) in [5.41, 5.74) is 3.29. The van der Waals surface area contributed by atoms with E-state index in [4.69, 9.17) is 4.98 Å². The monoisotopic (exact) mass is 426 g/mol. The van der Waals surface area contributed by atoms with Crippen LogP contribution >= 0.6 is 0 Å². The second-order valence-electron chi connectivity index (χ2n) is 8.03. The van der Waals surface area contributed by atoms with Gasteiger partial charge in [0.15, 0.2) is 5.82 Å². The zero-order valence-corrected chi connectivity index (χ0v) is 17.8. The molecular weight excluding hydrogens is 403 g/mol. The van der Waals surface area contributed by atoms with Gasteiger partial charge in [-0.1, -0.05) is 42.5 Å². The van der Waals surface area contributed by atoms with E-state index in [9.17, 15) is 9.18 Å². The fraction of sp³-hybridized carbons (Fsp3) is 0.192. The molecule has 0 saturated carbocycles. The van der Waals surface area contributed by atoms with Gasteiger partial charge < -0.3 is 4.90 Å². The molecule has 0 aliphatic carbocycles. The maximum absolute atomic E-state index is 14.9. The zero-order valence-electron chi connectivity index (χ0n) is 17.8. The van der Waals surface area contributed by atoms with Crippen LogP contribution in [0.25, 0.3) is 22.3 Å². The summed E-state index contributed by atoms with van der Waals surface area (Å²) in [5, 5.41) is 4.95. The highest BCUT2D eigenvalue weighted by Crippen LogP contribution is 2.26. The Morgan fingerprint density at radius 1 is 1.00 bits per heavy atom. The van der Waals surface area contributed by atoms with Crippen LogP contribution in [0.2, 0.25) is 0 Å². The van der Waals surface area contributed by atoms with Crippen LogP contribution in [0.3, 0.4) is 0 Å². The predicted octanol–water partition coefficient (Wildman–Crippen LogP) is 4.99. The Hall–Kier alpha value is -3.80. The van der Waals surface area contributed by atoms with E-state index in [0.29, 0.717) is 28.0 Å². The van der Waals surface area contributed by atoms with E-state index in [2.05, 4.69) is 10.0 Å². The summed E-state index contributed by atoms with van der Waals surface area (Å²) in [6.45, 7) is 3.69. The second kappa shape index (κ2) is 8.38. The normalized spacial score (nSPS) is 14.0. The van der Waals surface area contributed by atoms with E-state index in [-0.39, 0.29) is 11.4 Å². The Morgan fingerprint density at radius 2 is 1.72 bits per heavy atom. The molecule has 0 amide bonds. The molecule has 160 valence electrons. The van der Waals surface area contributed by atoms with E-state index in [1.807, 2.05) is 55.5 Å². The van der Waals surface area contributed by atoms with Gasteiger partial charge in [0.2, 0.25) is 0 Å². The Balaban J connectivity index is 1.61. The number of aryl methyl sites for hydroxylation is 1. The largest absolute Gasteiger partial charge is 0.369 e. The van der Waals surface area contributed by atoms with Gasteiger partial charge in [-0.25, -0.2) is 9.37 Å². The van der Waals surface area contributed by atoms with E-state index in [1.165, 1.54) is 17.0 Å². The number of fused-ring (bicyclic) bond motifs is 1. The third-order valence-electron chi connectivity index (χ3n) is 5.88. The van der Waals surface area contributed by atoms with E-state index < -0.39 is 0 Å². The third-order valence-corrected chi connectivity index (χ3v) is 5.88. The molecule has 0 atom stereocenters. The Labute approximate surface area is 185 Å². The van der Waals surface area contributed by atoms with Gasteiger partial charge in [0.05, 0.1) is 22.8 Å². The van der Waals surface area contributed by atoms with Gasteiger partial charge in [0.1, 0.15) is 5.82 Å². The van der Waals surface area contributed by atoms with E-state index in [1.54, 1.807) is 12.1 Å². The van der Waals surface area contributed by atoms with E-state index >= 15 is 0 Å². The third kappa shape index (κ3) is 3.68. The fourth-order valence-electron chi connectivity index (χ4n) is 4.15. The summed E-state index contributed by atoms with van der Waals surface area (Å²) in [5.74, 6) is 0.170. The van der Waals surface area contributed by atoms with Crippen molar-refractivity contribution >= 4 is 22.8 Å². The minimum Gasteiger partial charge on any atom is -0.369 e. The lowest BCUT2D eigenvalue weighted by atomic mass is 10.1. The highest BCUT2D eigenvalue weighted by Gasteiger charge is 2.17. The van der Waals surface area contributed by atoms with Crippen LogP contribution in [0.4, 0.5) is 10.1 Å². The average molecular weight is 426 g/mol. The predicted molar refractivity (Wildman–Crippen MR) is 127 cm³/mol. The number of benzene rings is 3. The fourth-order valence-corrected chi connectivity index (χ4v) is 4.15. The van der Waals surface area contributed by atoms with Crippen molar-refractivity contribution in [2.24, 2.45) is 5.10 Å². The first-order valence-corrected chi connectivity index (χ1v) is 10.8. The number of para-hydroxylation sites is 1. The van der Waals surface area contributed by atoms with Crippen molar-refractivity contribution in [1.82, 2.24) is 9.66 Å². The van der Waals surface area contributed by atoms with Gasteiger partial charge in [-0.05, 0) is 49.6 Å². The number of nitrogens with zero attached hydrogens (tertiary/aromatic N) is 4. The van der Waals surface area contributed by atoms with Crippen molar-refractivity contribution in [2.45, 2.75) is 19.8 Å². The molecule has 4 aromatic rings. The Morgan fingerprint density at radius 3 is 2.50 bits per heavy atom. The molecule has 5 nitrogen and oxygen atoms in total. The molecule has 0 radical (unpaired) electrons. The first-order chi connectivity index (χ1) is 15.6. The van der Waals surface area contributed by atoms with E-state index in [0.717, 1.165) is 37.1 Å². The molecule has 0 unspecified atom stereocenters. The Bertz CT molecular complexity index is 1370. The maximum atomic E-state index is 14.9. The number of hydrogen-bond donors (Lipinski definition) is 0. The van der Waals surface area contributed by atoms with Crippen molar-refractivity contribution < 1.29 is 4.39 Å². The molecule has 32 heavy (non-hydrogen) atoms. The van der Waals surface area contributed by atoms with Crippen LogP contribution in [0, 0.1) is 12.7 Å². The smallest absolute Gasteiger partial charge is 0.282 e. The van der Waals surface area contributed by atoms with Gasteiger partial charge in [-0.15, -0.1) is 0 Å². The molecular formula is C26H23FN4O. The van der Waals surface area contributed by atoms with Crippen LogP contribution in [-0.4, -0.2) is 29.0 Å². The first kappa shape index (κ1) is 20.1. The highest BCUT2D eigenvalue weighted by molar-refractivity contribution is 5.84. The molecule has 2 heterocycles. The summed E-state index contributed by atoms with van der Waals surface area (Å²) in [4.78, 5) is 20.0. The molecule has 5 rings (SSSR count). The number of anilines is 1. The van der Waals surface area contributed by atoms with Crippen molar-refractivity contribution in [3.05, 3.63) is 94.0 Å². The summed E-state index contributed by atoms with van der Waals surface area (Å²) >= 11 is 0. The van der Waals surface area contributed by atoms with Crippen LogP contribution in [0.5, 0.6) is 0 Å². The van der Waals surface area contributed by atoms with Crippen molar-refractivity contribution in [3.63, 3.8) is 0 Å². The standard InChI is InChI=1S/C26H23FN4O/c1-18-15-24(30-13-7-8-14-30)22(27)16-20(18)17-28-31-25(19-9-3-2-4-10-19)29-23-12-6-5-11-21(23)26(31)32/h2-6,9-12,15-17H,7-8,13-14H2,1H3. The van der Waals surface area contributed by atoms with Gasteiger partial charge >= 0.3 is 0 Å². The van der Waals surface area contributed by atoms with Gasteiger partial charge in [-0.2, -0.15) is 9.78 Å². The highest BCUT2D eigenvalue weighted by atomic mass is 19.1. The van der Waals surface area contributed by atoms with Crippen molar-refractivity contribution in [1.29, 1.82) is 0 Å². The molecule has 0 bridgehead atoms. The SMILES string of the molecule is Cc1cc(N2CCCC2)c(F)cc1C=Nn1c(-c2ccccc2)nc2ccccc2c1=O. The molecule has 6 heteroatoms. The molecule has 1 fully saturated rings. The summed E-state index contributed by atoms with van der Waals surface area (Å²) in [6.07, 6.45) is 3.71. The number of aromatic nitrogens is 2. The minimum atomic E-state index is -0.272. The quantitative estimate of drug-likeness (QED) is 0.432. The van der Waals surface area contributed by atoms with Crippen LogP contribution in [0.1, 0.15) is 24.0 Å². The number of rotatable bonds is 4. The van der Waals surface area contributed by atoms with Crippen molar-refractivity contribution in [3.8, 4) is 11.4 Å².